The Labute approximate surface area is 133 Å². The largest absolute Gasteiger partial charge is 0.311 e. The molecule has 0 saturated carbocycles. The molecule has 0 radical (unpaired) electrons. The summed E-state index contributed by atoms with van der Waals surface area (Å²) in [5.41, 5.74) is 2.04. The molecule has 114 valence electrons. The molecule has 22 heavy (non-hydrogen) atoms. The standard InChI is InChI=1S/C16H17N3O2S/c1-2-11-5-3-4-6-13(11)19-10-12(9-14(19)20)15(21)18-16-17-7-8-22-16/h3-8,12H,2,9-10H2,1H3,(H,17,18,21)/t12-/m0/s1. The number of nitrogens with zero attached hydrogens (tertiary/aromatic N) is 2. The summed E-state index contributed by atoms with van der Waals surface area (Å²) in [4.78, 5) is 30.3. The maximum atomic E-state index is 12.3. The lowest BCUT2D eigenvalue weighted by Crippen LogP contribution is -2.28. The lowest BCUT2D eigenvalue weighted by molar-refractivity contribution is -0.122. The Balaban J connectivity index is 1.74. The second kappa shape index (κ2) is 6.27. The van der Waals surface area contributed by atoms with Gasteiger partial charge in [0, 0.05) is 30.2 Å². The van der Waals surface area contributed by atoms with Crippen LogP contribution in [0.4, 0.5) is 10.8 Å². The molecule has 0 bridgehead atoms. The molecule has 0 aliphatic carbocycles. The molecule has 2 amide bonds. The number of benzene rings is 1. The van der Waals surface area contributed by atoms with Crippen LogP contribution in [0.15, 0.2) is 35.8 Å². The second-order valence-corrected chi connectivity index (χ2v) is 6.11. The average Bonchev–Trinajstić information content (AvgIpc) is 3.16. The molecule has 6 heteroatoms. The molecule has 2 aromatic rings. The van der Waals surface area contributed by atoms with Crippen molar-refractivity contribution in [3.63, 3.8) is 0 Å². The van der Waals surface area contributed by atoms with E-state index in [4.69, 9.17) is 0 Å². The number of para-hydroxylation sites is 1. The Bertz CT molecular complexity index is 684. The minimum absolute atomic E-state index is 0.000175. The Hall–Kier alpha value is -2.21. The first-order chi connectivity index (χ1) is 10.7. The smallest absolute Gasteiger partial charge is 0.231 e. The number of aryl methyl sites for hydroxylation is 1. The van der Waals surface area contributed by atoms with E-state index < -0.39 is 0 Å². The molecule has 0 unspecified atom stereocenters. The topological polar surface area (TPSA) is 62.3 Å². The lowest BCUT2D eigenvalue weighted by Gasteiger charge is -2.19. The van der Waals surface area contributed by atoms with Crippen LogP contribution in [0.2, 0.25) is 0 Å². The summed E-state index contributed by atoms with van der Waals surface area (Å²) in [6.07, 6.45) is 2.75. The predicted octanol–water partition coefficient (Wildman–Crippen LogP) is 2.70. The molecule has 3 rings (SSSR count). The molecule has 1 aliphatic rings. The van der Waals surface area contributed by atoms with Crippen LogP contribution in [0.1, 0.15) is 18.9 Å². The summed E-state index contributed by atoms with van der Waals surface area (Å²) in [5.74, 6) is -0.471. The number of hydrogen-bond acceptors (Lipinski definition) is 4. The van der Waals surface area contributed by atoms with Gasteiger partial charge >= 0.3 is 0 Å². The number of aromatic nitrogens is 1. The molecule has 1 fully saturated rings. The third-order valence-corrected chi connectivity index (χ3v) is 4.51. The van der Waals surface area contributed by atoms with Crippen LogP contribution in [0.3, 0.4) is 0 Å². The van der Waals surface area contributed by atoms with Crippen LogP contribution >= 0.6 is 11.3 Å². The molecule has 1 aromatic heterocycles. The number of amides is 2. The minimum atomic E-state index is -0.332. The van der Waals surface area contributed by atoms with Gasteiger partial charge in [-0.25, -0.2) is 4.98 Å². The van der Waals surface area contributed by atoms with Gasteiger partial charge in [0.05, 0.1) is 5.92 Å². The van der Waals surface area contributed by atoms with Crippen molar-refractivity contribution in [3.8, 4) is 0 Å². The van der Waals surface area contributed by atoms with Crippen LogP contribution < -0.4 is 10.2 Å². The van der Waals surface area contributed by atoms with Crippen molar-refractivity contribution >= 4 is 34.0 Å². The van der Waals surface area contributed by atoms with Crippen LogP contribution in [-0.4, -0.2) is 23.3 Å². The number of carbonyl (C=O) groups excluding carboxylic acids is 2. The molecule has 1 N–H and O–H groups in total. The molecular weight excluding hydrogens is 298 g/mol. The molecule has 1 saturated heterocycles. The molecule has 1 aromatic carbocycles. The lowest BCUT2D eigenvalue weighted by atomic mass is 10.1. The van der Waals surface area contributed by atoms with E-state index in [2.05, 4.69) is 17.2 Å². The first-order valence-corrected chi connectivity index (χ1v) is 8.15. The Morgan fingerprint density at radius 1 is 1.45 bits per heavy atom. The summed E-state index contributed by atoms with van der Waals surface area (Å²) in [6.45, 7) is 2.49. The van der Waals surface area contributed by atoms with Crippen molar-refractivity contribution < 1.29 is 9.59 Å². The fraction of sp³-hybridized carbons (Fsp3) is 0.312. The summed E-state index contributed by atoms with van der Waals surface area (Å²) in [6, 6.07) is 7.85. The summed E-state index contributed by atoms with van der Waals surface area (Å²) in [5, 5.41) is 5.15. The van der Waals surface area contributed by atoms with Gasteiger partial charge in [0.25, 0.3) is 0 Å². The number of nitrogens with one attached hydrogen (secondary N) is 1. The van der Waals surface area contributed by atoms with E-state index in [1.54, 1.807) is 16.5 Å². The normalized spacial score (nSPS) is 17.8. The Kier molecular flexibility index (Phi) is 4.20. The van der Waals surface area contributed by atoms with Gasteiger partial charge in [-0.2, -0.15) is 0 Å². The average molecular weight is 315 g/mol. The predicted molar refractivity (Wildman–Crippen MR) is 87.0 cm³/mol. The SMILES string of the molecule is CCc1ccccc1N1C[C@@H](C(=O)Nc2nccs2)CC1=O. The van der Waals surface area contributed by atoms with Gasteiger partial charge in [-0.1, -0.05) is 25.1 Å². The Morgan fingerprint density at radius 2 is 2.27 bits per heavy atom. The zero-order valence-electron chi connectivity index (χ0n) is 12.3. The Morgan fingerprint density at radius 3 is 3.00 bits per heavy atom. The molecule has 5 nitrogen and oxygen atoms in total. The van der Waals surface area contributed by atoms with E-state index in [0.717, 1.165) is 17.7 Å². The number of anilines is 2. The molecule has 1 aliphatic heterocycles. The first-order valence-electron chi connectivity index (χ1n) is 7.27. The van der Waals surface area contributed by atoms with Gasteiger partial charge in [-0.05, 0) is 18.1 Å². The van der Waals surface area contributed by atoms with E-state index in [0.29, 0.717) is 11.7 Å². The van der Waals surface area contributed by atoms with Crippen molar-refractivity contribution in [3.05, 3.63) is 41.4 Å². The highest BCUT2D eigenvalue weighted by Gasteiger charge is 2.35. The molecule has 2 heterocycles. The second-order valence-electron chi connectivity index (χ2n) is 5.21. The van der Waals surface area contributed by atoms with Gasteiger partial charge < -0.3 is 10.2 Å². The van der Waals surface area contributed by atoms with Crippen molar-refractivity contribution in [2.75, 3.05) is 16.8 Å². The summed E-state index contributed by atoms with van der Waals surface area (Å²) < 4.78 is 0. The van der Waals surface area contributed by atoms with Gasteiger partial charge in [0.1, 0.15) is 0 Å². The van der Waals surface area contributed by atoms with Crippen molar-refractivity contribution in [1.29, 1.82) is 0 Å². The number of hydrogen-bond donors (Lipinski definition) is 1. The van der Waals surface area contributed by atoms with E-state index in [1.165, 1.54) is 11.3 Å². The maximum absolute atomic E-state index is 12.3. The number of rotatable bonds is 4. The minimum Gasteiger partial charge on any atom is -0.311 e. The monoisotopic (exact) mass is 315 g/mol. The van der Waals surface area contributed by atoms with E-state index in [9.17, 15) is 9.59 Å². The van der Waals surface area contributed by atoms with Gasteiger partial charge in [-0.3, -0.25) is 9.59 Å². The van der Waals surface area contributed by atoms with E-state index in [1.807, 2.05) is 24.3 Å². The van der Waals surface area contributed by atoms with Crippen LogP contribution in [-0.2, 0) is 16.0 Å². The van der Waals surface area contributed by atoms with Crippen LogP contribution in [0, 0.1) is 5.92 Å². The van der Waals surface area contributed by atoms with Crippen LogP contribution in [0.5, 0.6) is 0 Å². The third-order valence-electron chi connectivity index (χ3n) is 3.82. The van der Waals surface area contributed by atoms with Gasteiger partial charge in [-0.15, -0.1) is 11.3 Å². The summed E-state index contributed by atoms with van der Waals surface area (Å²) >= 11 is 1.37. The summed E-state index contributed by atoms with van der Waals surface area (Å²) in [7, 11) is 0. The van der Waals surface area contributed by atoms with Gasteiger partial charge in [0.2, 0.25) is 11.8 Å². The van der Waals surface area contributed by atoms with Crippen molar-refractivity contribution in [2.45, 2.75) is 19.8 Å². The van der Waals surface area contributed by atoms with Gasteiger partial charge in [0.15, 0.2) is 5.13 Å². The van der Waals surface area contributed by atoms with E-state index in [-0.39, 0.29) is 24.2 Å². The molecule has 0 spiro atoms. The number of carbonyl (C=O) groups is 2. The quantitative estimate of drug-likeness (QED) is 0.943. The zero-order chi connectivity index (χ0) is 15.5. The highest BCUT2D eigenvalue weighted by Crippen LogP contribution is 2.29. The third kappa shape index (κ3) is 2.87. The zero-order valence-corrected chi connectivity index (χ0v) is 13.1. The molecular formula is C16H17N3O2S. The van der Waals surface area contributed by atoms with E-state index >= 15 is 0 Å². The first kappa shape index (κ1) is 14.7. The van der Waals surface area contributed by atoms with Crippen LogP contribution in [0.25, 0.3) is 0 Å². The molecule has 1 atom stereocenters. The van der Waals surface area contributed by atoms with Crippen molar-refractivity contribution in [2.24, 2.45) is 5.92 Å². The maximum Gasteiger partial charge on any atom is 0.231 e. The highest BCUT2D eigenvalue weighted by molar-refractivity contribution is 7.13. The number of thiazole rings is 1. The highest BCUT2D eigenvalue weighted by atomic mass is 32.1. The fourth-order valence-corrected chi connectivity index (χ4v) is 3.21. The van der Waals surface area contributed by atoms with Crippen molar-refractivity contribution in [1.82, 2.24) is 4.98 Å². The fourth-order valence-electron chi connectivity index (χ4n) is 2.68.